The lowest BCUT2D eigenvalue weighted by Gasteiger charge is -2.40. The van der Waals surface area contributed by atoms with Gasteiger partial charge in [-0.1, -0.05) is 12.5 Å². The van der Waals surface area contributed by atoms with E-state index in [9.17, 15) is 4.79 Å². The Hall–Kier alpha value is -1.15. The minimum Gasteiger partial charge on any atom is -0.329 e. The van der Waals surface area contributed by atoms with Gasteiger partial charge in [-0.05, 0) is 62.8 Å². The minimum absolute atomic E-state index is 0.268. The van der Waals surface area contributed by atoms with E-state index in [1.165, 1.54) is 11.1 Å². The van der Waals surface area contributed by atoms with Crippen molar-refractivity contribution in [1.82, 2.24) is 0 Å². The van der Waals surface area contributed by atoms with Crippen LogP contribution in [0, 0.1) is 33.1 Å². The molecule has 0 aromatic heterocycles. The van der Waals surface area contributed by atoms with Crippen molar-refractivity contribution in [3.63, 3.8) is 0 Å². The van der Waals surface area contributed by atoms with E-state index in [-0.39, 0.29) is 11.2 Å². The van der Waals surface area contributed by atoms with E-state index in [1.54, 1.807) is 0 Å². The molecule has 1 aliphatic rings. The Morgan fingerprint density at radius 2 is 1.67 bits per heavy atom. The third-order valence-corrected chi connectivity index (χ3v) is 4.78. The molecular weight excluding hydrogens is 222 g/mol. The first-order valence-corrected chi connectivity index (χ1v) is 6.75. The van der Waals surface area contributed by atoms with Crippen LogP contribution < -0.4 is 5.73 Å². The van der Waals surface area contributed by atoms with Gasteiger partial charge in [-0.25, -0.2) is 0 Å². The molecule has 1 fully saturated rings. The van der Waals surface area contributed by atoms with Crippen LogP contribution in [0.25, 0.3) is 0 Å². The van der Waals surface area contributed by atoms with Crippen molar-refractivity contribution >= 4 is 5.78 Å². The van der Waals surface area contributed by atoms with Gasteiger partial charge in [-0.15, -0.1) is 0 Å². The normalized spacial score (nSPS) is 17.4. The topological polar surface area (TPSA) is 43.1 Å². The maximum absolute atomic E-state index is 12.8. The first-order valence-electron chi connectivity index (χ1n) is 6.75. The molecule has 0 unspecified atom stereocenters. The standard InChI is InChI=1S/C16H23NO/c1-10-8-11(2)13(4)14(12(10)3)15(18)16(9-17)6-5-7-16/h8H,5-7,9,17H2,1-4H3. The van der Waals surface area contributed by atoms with Gasteiger partial charge in [0.1, 0.15) is 0 Å². The van der Waals surface area contributed by atoms with Crippen molar-refractivity contribution in [3.8, 4) is 0 Å². The number of aryl methyl sites for hydroxylation is 2. The van der Waals surface area contributed by atoms with Crippen LogP contribution in [0.3, 0.4) is 0 Å². The molecule has 2 N–H and O–H groups in total. The van der Waals surface area contributed by atoms with E-state index in [4.69, 9.17) is 5.73 Å². The molecule has 18 heavy (non-hydrogen) atoms. The number of carbonyl (C=O) groups excluding carboxylic acids is 1. The summed E-state index contributed by atoms with van der Waals surface area (Å²) in [5.41, 5.74) is 11.2. The monoisotopic (exact) mass is 245 g/mol. The molecule has 2 heteroatoms. The second-order valence-electron chi connectivity index (χ2n) is 5.80. The van der Waals surface area contributed by atoms with Crippen molar-refractivity contribution < 1.29 is 4.79 Å². The molecule has 0 spiro atoms. The summed E-state index contributed by atoms with van der Waals surface area (Å²) in [4.78, 5) is 12.8. The molecule has 0 aliphatic heterocycles. The van der Waals surface area contributed by atoms with Crippen LogP contribution in [0.1, 0.15) is 51.9 Å². The van der Waals surface area contributed by atoms with Gasteiger partial charge in [0, 0.05) is 17.5 Å². The second-order valence-corrected chi connectivity index (χ2v) is 5.80. The Bertz CT molecular complexity index is 467. The first kappa shape index (κ1) is 13.3. The zero-order chi connectivity index (χ0) is 13.5. The highest BCUT2D eigenvalue weighted by Gasteiger charge is 2.44. The molecule has 2 nitrogen and oxygen atoms in total. The highest BCUT2D eigenvalue weighted by Crippen LogP contribution is 2.44. The molecule has 98 valence electrons. The average Bonchev–Trinajstić information content (AvgIpc) is 2.26. The maximum Gasteiger partial charge on any atom is 0.170 e. The summed E-state index contributed by atoms with van der Waals surface area (Å²) in [6, 6.07) is 2.16. The fourth-order valence-corrected chi connectivity index (χ4v) is 2.95. The summed E-state index contributed by atoms with van der Waals surface area (Å²) < 4.78 is 0. The fourth-order valence-electron chi connectivity index (χ4n) is 2.95. The summed E-state index contributed by atoms with van der Waals surface area (Å²) in [5.74, 6) is 0.276. The third-order valence-electron chi connectivity index (χ3n) is 4.78. The van der Waals surface area contributed by atoms with Crippen LogP contribution in [-0.4, -0.2) is 12.3 Å². The molecule has 0 atom stereocenters. The van der Waals surface area contributed by atoms with E-state index in [0.29, 0.717) is 6.54 Å². The molecule has 0 radical (unpaired) electrons. The number of benzene rings is 1. The molecule has 2 rings (SSSR count). The van der Waals surface area contributed by atoms with Gasteiger partial charge in [0.25, 0.3) is 0 Å². The van der Waals surface area contributed by atoms with E-state index in [0.717, 1.165) is 36.0 Å². The molecule has 0 saturated heterocycles. The van der Waals surface area contributed by atoms with E-state index in [2.05, 4.69) is 33.8 Å². The zero-order valence-electron chi connectivity index (χ0n) is 11.9. The van der Waals surface area contributed by atoms with Crippen molar-refractivity contribution in [3.05, 3.63) is 33.9 Å². The largest absolute Gasteiger partial charge is 0.329 e. The Morgan fingerprint density at radius 1 is 1.17 bits per heavy atom. The number of hydrogen-bond donors (Lipinski definition) is 1. The van der Waals surface area contributed by atoms with Gasteiger partial charge in [-0.2, -0.15) is 0 Å². The highest BCUT2D eigenvalue weighted by molar-refractivity contribution is 6.04. The molecule has 0 bridgehead atoms. The summed E-state index contributed by atoms with van der Waals surface area (Å²) in [5, 5.41) is 0. The van der Waals surface area contributed by atoms with Crippen molar-refractivity contribution in [2.24, 2.45) is 11.1 Å². The Kier molecular flexibility index (Phi) is 3.33. The average molecular weight is 245 g/mol. The number of hydrogen-bond acceptors (Lipinski definition) is 2. The summed E-state index contributed by atoms with van der Waals surface area (Å²) >= 11 is 0. The van der Waals surface area contributed by atoms with Crippen LogP contribution in [0.15, 0.2) is 6.07 Å². The van der Waals surface area contributed by atoms with E-state index < -0.39 is 0 Å². The smallest absolute Gasteiger partial charge is 0.170 e. The summed E-state index contributed by atoms with van der Waals surface area (Å²) in [6.07, 6.45) is 3.04. The summed E-state index contributed by atoms with van der Waals surface area (Å²) in [7, 11) is 0. The Balaban J connectivity index is 2.54. The Morgan fingerprint density at radius 3 is 2.00 bits per heavy atom. The van der Waals surface area contributed by atoms with Crippen molar-refractivity contribution in [2.45, 2.75) is 47.0 Å². The lowest BCUT2D eigenvalue weighted by atomic mass is 9.63. The zero-order valence-corrected chi connectivity index (χ0v) is 11.9. The Labute approximate surface area is 110 Å². The first-order chi connectivity index (χ1) is 8.43. The number of Topliss-reactive ketones (excluding diaryl/α,β-unsaturated/α-hetero) is 1. The highest BCUT2D eigenvalue weighted by atomic mass is 16.1. The van der Waals surface area contributed by atoms with Crippen molar-refractivity contribution in [2.75, 3.05) is 6.54 Å². The lowest BCUT2D eigenvalue weighted by Crippen LogP contribution is -2.45. The van der Waals surface area contributed by atoms with Gasteiger partial charge in [0.15, 0.2) is 5.78 Å². The number of rotatable bonds is 3. The molecule has 1 aromatic carbocycles. The molecule has 1 aliphatic carbocycles. The SMILES string of the molecule is Cc1cc(C)c(C)c(C(=O)C2(CN)CCC2)c1C. The van der Waals surface area contributed by atoms with Crippen LogP contribution in [0.2, 0.25) is 0 Å². The van der Waals surface area contributed by atoms with Gasteiger partial charge >= 0.3 is 0 Å². The van der Waals surface area contributed by atoms with E-state index >= 15 is 0 Å². The molecule has 0 amide bonds. The predicted octanol–water partition coefficient (Wildman–Crippen LogP) is 3.23. The van der Waals surface area contributed by atoms with E-state index in [1.807, 2.05) is 0 Å². The summed E-state index contributed by atoms with van der Waals surface area (Å²) in [6.45, 7) is 8.75. The quantitative estimate of drug-likeness (QED) is 0.831. The van der Waals surface area contributed by atoms with Crippen LogP contribution in [-0.2, 0) is 0 Å². The van der Waals surface area contributed by atoms with Gasteiger partial charge in [0.05, 0.1) is 0 Å². The van der Waals surface area contributed by atoms with Gasteiger partial charge < -0.3 is 5.73 Å². The molecule has 1 aromatic rings. The number of carbonyl (C=O) groups is 1. The van der Waals surface area contributed by atoms with Gasteiger partial charge in [-0.3, -0.25) is 4.79 Å². The second kappa shape index (κ2) is 4.51. The van der Waals surface area contributed by atoms with Gasteiger partial charge in [0.2, 0.25) is 0 Å². The lowest BCUT2D eigenvalue weighted by molar-refractivity contribution is 0.0634. The van der Waals surface area contributed by atoms with Crippen LogP contribution in [0.5, 0.6) is 0 Å². The molecule has 1 saturated carbocycles. The predicted molar refractivity (Wildman–Crippen MR) is 75.1 cm³/mol. The number of ketones is 1. The fraction of sp³-hybridized carbons (Fsp3) is 0.562. The van der Waals surface area contributed by atoms with Crippen LogP contribution >= 0.6 is 0 Å². The molecular formula is C16H23NO. The van der Waals surface area contributed by atoms with Crippen molar-refractivity contribution in [1.29, 1.82) is 0 Å². The molecule has 0 heterocycles. The van der Waals surface area contributed by atoms with Crippen LogP contribution in [0.4, 0.5) is 0 Å². The minimum atomic E-state index is -0.268. The maximum atomic E-state index is 12.8. The third kappa shape index (κ3) is 1.79. The number of nitrogens with two attached hydrogens (primary N) is 1.